The van der Waals surface area contributed by atoms with Crippen LogP contribution in [0.3, 0.4) is 0 Å². The molecule has 1 saturated heterocycles. The second kappa shape index (κ2) is 7.41. The molecule has 0 saturated carbocycles. The minimum Gasteiger partial charge on any atom is -0.450 e. The summed E-state index contributed by atoms with van der Waals surface area (Å²) in [6, 6.07) is 7.04. The average molecular weight is 294 g/mol. The second-order valence-electron chi connectivity index (χ2n) is 5.40. The summed E-state index contributed by atoms with van der Waals surface area (Å²) in [5.41, 5.74) is 1.14. The standard InChI is InChI=1S/C16H23FN2O2/c1-3-21-16(20)19-10-8-18(9-11-19)13(2)12-14-4-6-15(17)7-5-14/h4-7,13H,3,8-12H2,1-2H3/t13-/m0/s1. The molecule has 1 heterocycles. The molecule has 1 aromatic rings. The molecule has 1 aliphatic rings. The van der Waals surface area contributed by atoms with Crippen LogP contribution < -0.4 is 0 Å². The lowest BCUT2D eigenvalue weighted by Crippen LogP contribution is -2.51. The Kier molecular flexibility index (Phi) is 5.56. The highest BCUT2D eigenvalue weighted by Gasteiger charge is 2.24. The maximum atomic E-state index is 12.9. The van der Waals surface area contributed by atoms with Crippen molar-refractivity contribution in [2.24, 2.45) is 0 Å². The van der Waals surface area contributed by atoms with Gasteiger partial charge in [0.15, 0.2) is 0 Å². The Balaban J connectivity index is 1.81. The van der Waals surface area contributed by atoms with Crippen molar-refractivity contribution < 1.29 is 13.9 Å². The van der Waals surface area contributed by atoms with Crippen LogP contribution in [0, 0.1) is 5.82 Å². The van der Waals surface area contributed by atoms with E-state index < -0.39 is 0 Å². The number of hydrogen-bond donors (Lipinski definition) is 0. The Bertz CT molecular complexity index is 456. The zero-order chi connectivity index (χ0) is 15.2. The molecule has 0 radical (unpaired) electrons. The summed E-state index contributed by atoms with van der Waals surface area (Å²) >= 11 is 0. The fraction of sp³-hybridized carbons (Fsp3) is 0.562. The van der Waals surface area contributed by atoms with Crippen LogP contribution in [0.2, 0.25) is 0 Å². The van der Waals surface area contributed by atoms with Gasteiger partial charge >= 0.3 is 6.09 Å². The lowest BCUT2D eigenvalue weighted by atomic mass is 10.1. The van der Waals surface area contributed by atoms with Gasteiger partial charge in [0, 0.05) is 32.2 Å². The fourth-order valence-electron chi connectivity index (χ4n) is 2.65. The molecule has 1 aromatic carbocycles. The molecule has 0 bridgehead atoms. The van der Waals surface area contributed by atoms with E-state index in [9.17, 15) is 9.18 Å². The van der Waals surface area contributed by atoms with Crippen LogP contribution in [0.25, 0.3) is 0 Å². The normalized spacial score (nSPS) is 17.6. The van der Waals surface area contributed by atoms with E-state index in [-0.39, 0.29) is 11.9 Å². The molecule has 2 rings (SSSR count). The molecule has 116 valence electrons. The first kappa shape index (κ1) is 15.8. The zero-order valence-corrected chi connectivity index (χ0v) is 12.7. The van der Waals surface area contributed by atoms with Crippen LogP contribution in [-0.2, 0) is 11.2 Å². The van der Waals surface area contributed by atoms with E-state index in [1.54, 1.807) is 4.90 Å². The van der Waals surface area contributed by atoms with Gasteiger partial charge < -0.3 is 9.64 Å². The SMILES string of the molecule is CCOC(=O)N1CCN([C@@H](C)Cc2ccc(F)cc2)CC1. The van der Waals surface area contributed by atoms with Crippen molar-refractivity contribution in [3.63, 3.8) is 0 Å². The van der Waals surface area contributed by atoms with E-state index in [1.807, 2.05) is 19.1 Å². The summed E-state index contributed by atoms with van der Waals surface area (Å²) in [6.07, 6.45) is 0.669. The third-order valence-electron chi connectivity index (χ3n) is 3.91. The van der Waals surface area contributed by atoms with Gasteiger partial charge in [0.05, 0.1) is 6.61 Å². The largest absolute Gasteiger partial charge is 0.450 e. The topological polar surface area (TPSA) is 32.8 Å². The molecular formula is C16H23FN2O2. The van der Waals surface area contributed by atoms with Gasteiger partial charge in [-0.1, -0.05) is 12.1 Å². The Morgan fingerprint density at radius 3 is 2.43 bits per heavy atom. The smallest absolute Gasteiger partial charge is 0.409 e. The van der Waals surface area contributed by atoms with Crippen molar-refractivity contribution in [2.75, 3.05) is 32.8 Å². The molecule has 1 amide bonds. The molecule has 0 aliphatic carbocycles. The van der Waals surface area contributed by atoms with Crippen molar-refractivity contribution in [1.82, 2.24) is 9.80 Å². The average Bonchev–Trinajstić information content (AvgIpc) is 2.50. The van der Waals surface area contributed by atoms with E-state index in [1.165, 1.54) is 12.1 Å². The number of hydrogen-bond acceptors (Lipinski definition) is 3. The minimum atomic E-state index is -0.219. The molecule has 5 heteroatoms. The maximum Gasteiger partial charge on any atom is 0.409 e. The molecular weight excluding hydrogens is 271 g/mol. The molecule has 1 fully saturated rings. The molecule has 21 heavy (non-hydrogen) atoms. The zero-order valence-electron chi connectivity index (χ0n) is 12.7. The lowest BCUT2D eigenvalue weighted by molar-refractivity contribution is 0.0687. The molecule has 1 atom stereocenters. The van der Waals surface area contributed by atoms with Gasteiger partial charge in [-0.05, 0) is 38.0 Å². The summed E-state index contributed by atoms with van der Waals surface area (Å²) in [6.45, 7) is 7.50. The number of carbonyl (C=O) groups is 1. The summed E-state index contributed by atoms with van der Waals surface area (Å²) in [4.78, 5) is 15.8. The van der Waals surface area contributed by atoms with Crippen LogP contribution in [0.4, 0.5) is 9.18 Å². The van der Waals surface area contributed by atoms with Crippen molar-refractivity contribution in [3.05, 3.63) is 35.6 Å². The van der Waals surface area contributed by atoms with Crippen LogP contribution in [0.5, 0.6) is 0 Å². The first-order valence-corrected chi connectivity index (χ1v) is 7.50. The van der Waals surface area contributed by atoms with Gasteiger partial charge in [0.2, 0.25) is 0 Å². The predicted molar refractivity (Wildman–Crippen MR) is 79.7 cm³/mol. The van der Waals surface area contributed by atoms with E-state index in [0.29, 0.717) is 25.7 Å². The van der Waals surface area contributed by atoms with E-state index >= 15 is 0 Å². The molecule has 0 N–H and O–H groups in total. The summed E-state index contributed by atoms with van der Waals surface area (Å²) in [5.74, 6) is -0.200. The Morgan fingerprint density at radius 1 is 1.24 bits per heavy atom. The predicted octanol–water partition coefficient (Wildman–Crippen LogP) is 2.53. The van der Waals surface area contributed by atoms with E-state index in [2.05, 4.69) is 11.8 Å². The highest BCUT2D eigenvalue weighted by molar-refractivity contribution is 5.67. The first-order valence-electron chi connectivity index (χ1n) is 7.50. The molecule has 0 aromatic heterocycles. The van der Waals surface area contributed by atoms with Crippen LogP contribution in [-0.4, -0.2) is 54.7 Å². The van der Waals surface area contributed by atoms with E-state index in [4.69, 9.17) is 4.74 Å². The first-order chi connectivity index (χ1) is 10.1. The number of nitrogens with zero attached hydrogens (tertiary/aromatic N) is 2. The van der Waals surface area contributed by atoms with Crippen molar-refractivity contribution in [2.45, 2.75) is 26.3 Å². The van der Waals surface area contributed by atoms with Gasteiger partial charge in [-0.3, -0.25) is 4.90 Å². The van der Waals surface area contributed by atoms with Gasteiger partial charge in [-0.2, -0.15) is 0 Å². The number of rotatable bonds is 4. The van der Waals surface area contributed by atoms with Crippen LogP contribution >= 0.6 is 0 Å². The van der Waals surface area contributed by atoms with Crippen molar-refractivity contribution in [1.29, 1.82) is 0 Å². The van der Waals surface area contributed by atoms with Crippen LogP contribution in [0.15, 0.2) is 24.3 Å². The molecule has 4 nitrogen and oxygen atoms in total. The van der Waals surface area contributed by atoms with Gasteiger partial charge in [-0.15, -0.1) is 0 Å². The van der Waals surface area contributed by atoms with Crippen molar-refractivity contribution >= 4 is 6.09 Å². The van der Waals surface area contributed by atoms with Gasteiger partial charge in [0.25, 0.3) is 0 Å². The van der Waals surface area contributed by atoms with E-state index in [0.717, 1.165) is 25.1 Å². The summed E-state index contributed by atoms with van der Waals surface area (Å²) in [7, 11) is 0. The third-order valence-corrected chi connectivity index (χ3v) is 3.91. The Hall–Kier alpha value is -1.62. The quantitative estimate of drug-likeness (QED) is 0.855. The lowest BCUT2D eigenvalue weighted by Gasteiger charge is -2.37. The highest BCUT2D eigenvalue weighted by atomic mass is 19.1. The van der Waals surface area contributed by atoms with Crippen molar-refractivity contribution in [3.8, 4) is 0 Å². The number of carbonyl (C=O) groups excluding carboxylic acids is 1. The second-order valence-corrected chi connectivity index (χ2v) is 5.40. The monoisotopic (exact) mass is 294 g/mol. The third kappa shape index (κ3) is 4.43. The van der Waals surface area contributed by atoms with Gasteiger partial charge in [0.1, 0.15) is 5.82 Å². The number of halogens is 1. The van der Waals surface area contributed by atoms with Crippen LogP contribution in [0.1, 0.15) is 19.4 Å². The minimum absolute atomic E-state index is 0.200. The highest BCUT2D eigenvalue weighted by Crippen LogP contribution is 2.13. The number of benzene rings is 1. The maximum absolute atomic E-state index is 12.9. The fourth-order valence-corrected chi connectivity index (χ4v) is 2.65. The number of amides is 1. The summed E-state index contributed by atoms with van der Waals surface area (Å²) < 4.78 is 17.9. The number of ether oxygens (including phenoxy) is 1. The molecule has 0 unspecified atom stereocenters. The Morgan fingerprint density at radius 2 is 1.86 bits per heavy atom. The Labute approximate surface area is 125 Å². The molecule has 1 aliphatic heterocycles. The van der Waals surface area contributed by atoms with Gasteiger partial charge in [-0.25, -0.2) is 9.18 Å². The molecule has 0 spiro atoms. The number of piperazine rings is 1. The summed E-state index contributed by atoms with van der Waals surface area (Å²) in [5, 5.41) is 0.